The Bertz CT molecular complexity index is 818. The summed E-state index contributed by atoms with van der Waals surface area (Å²) in [5.74, 6) is 3.32. The molecule has 0 radical (unpaired) electrons. The van der Waals surface area contributed by atoms with Gasteiger partial charge in [-0.25, -0.2) is 9.97 Å². The van der Waals surface area contributed by atoms with Crippen molar-refractivity contribution in [1.29, 1.82) is 0 Å². The van der Waals surface area contributed by atoms with Gasteiger partial charge in [-0.2, -0.15) is 0 Å². The molecule has 2 aliphatic rings. The molecule has 2 N–H and O–H groups in total. The van der Waals surface area contributed by atoms with Crippen molar-refractivity contribution in [2.75, 3.05) is 35.2 Å². The highest BCUT2D eigenvalue weighted by Gasteiger charge is 2.43. The first-order valence-corrected chi connectivity index (χ1v) is 10.8. The zero-order chi connectivity index (χ0) is 20.2. The quantitative estimate of drug-likeness (QED) is 0.702. The standard InChI is InChI=1S/C22H28ClN5O/c1-15(29)27-20-4-2-19(3-5-20)24-9-6-17-12-21(17)16-7-10-28(11-8-16)22-25-13-18(23)14-26-22/h2-5,13-14,16-17,21,24H,6-12H2,1H3,(H,27,29). The van der Waals surface area contributed by atoms with Gasteiger partial charge >= 0.3 is 0 Å². The number of benzene rings is 1. The summed E-state index contributed by atoms with van der Waals surface area (Å²) in [4.78, 5) is 22.0. The molecule has 0 bridgehead atoms. The van der Waals surface area contributed by atoms with Crippen LogP contribution in [0, 0.1) is 17.8 Å². The van der Waals surface area contributed by atoms with Crippen LogP contribution in [0.1, 0.15) is 32.6 Å². The molecule has 2 aromatic rings. The fraction of sp³-hybridized carbons (Fsp3) is 0.500. The highest BCUT2D eigenvalue weighted by atomic mass is 35.5. The maximum Gasteiger partial charge on any atom is 0.225 e. The Labute approximate surface area is 177 Å². The number of halogens is 1. The molecule has 1 saturated heterocycles. The SMILES string of the molecule is CC(=O)Nc1ccc(NCCC2CC2C2CCN(c3ncc(Cl)cn3)CC2)cc1. The van der Waals surface area contributed by atoms with E-state index in [0.717, 1.165) is 54.7 Å². The zero-order valence-electron chi connectivity index (χ0n) is 16.8. The molecule has 1 saturated carbocycles. The Hall–Kier alpha value is -2.34. The summed E-state index contributed by atoms with van der Waals surface area (Å²) >= 11 is 5.88. The third-order valence-corrected chi connectivity index (χ3v) is 6.26. The van der Waals surface area contributed by atoms with E-state index in [1.54, 1.807) is 12.4 Å². The summed E-state index contributed by atoms with van der Waals surface area (Å²) in [7, 11) is 0. The lowest BCUT2D eigenvalue weighted by Crippen LogP contribution is -2.35. The van der Waals surface area contributed by atoms with Gasteiger partial charge in [0.15, 0.2) is 0 Å². The topological polar surface area (TPSA) is 70.2 Å². The first-order valence-electron chi connectivity index (χ1n) is 10.4. The number of aromatic nitrogens is 2. The number of carbonyl (C=O) groups excluding carboxylic acids is 1. The van der Waals surface area contributed by atoms with Crippen LogP contribution in [0.5, 0.6) is 0 Å². The molecule has 1 amide bonds. The molecule has 1 aromatic carbocycles. The summed E-state index contributed by atoms with van der Waals surface area (Å²) in [6, 6.07) is 7.90. The normalized spacial score (nSPS) is 21.7. The molecule has 154 valence electrons. The molecule has 29 heavy (non-hydrogen) atoms. The Balaban J connectivity index is 1.16. The highest BCUT2D eigenvalue weighted by molar-refractivity contribution is 6.30. The first-order chi connectivity index (χ1) is 14.1. The van der Waals surface area contributed by atoms with Gasteiger partial charge in [-0.3, -0.25) is 4.79 Å². The van der Waals surface area contributed by atoms with E-state index in [0.29, 0.717) is 5.02 Å². The number of carbonyl (C=O) groups is 1. The maximum absolute atomic E-state index is 11.1. The van der Waals surface area contributed by atoms with Crippen molar-refractivity contribution in [3.05, 3.63) is 41.7 Å². The van der Waals surface area contributed by atoms with E-state index >= 15 is 0 Å². The van der Waals surface area contributed by atoms with Crippen LogP contribution in [0.3, 0.4) is 0 Å². The van der Waals surface area contributed by atoms with Gasteiger partial charge in [0, 0.05) is 37.9 Å². The summed E-state index contributed by atoms with van der Waals surface area (Å²) in [6.45, 7) is 4.59. The second kappa shape index (κ2) is 8.99. The monoisotopic (exact) mass is 413 g/mol. The highest BCUT2D eigenvalue weighted by Crippen LogP contribution is 2.49. The van der Waals surface area contributed by atoms with Gasteiger partial charge in [0.1, 0.15) is 0 Å². The van der Waals surface area contributed by atoms with E-state index in [1.165, 1.54) is 32.6 Å². The number of anilines is 3. The van der Waals surface area contributed by atoms with Crippen LogP contribution in [0.25, 0.3) is 0 Å². The fourth-order valence-electron chi connectivity index (χ4n) is 4.45. The molecule has 2 fully saturated rings. The molecule has 4 rings (SSSR count). The lowest BCUT2D eigenvalue weighted by Gasteiger charge is -2.32. The van der Waals surface area contributed by atoms with Crippen LogP contribution in [0.4, 0.5) is 17.3 Å². The van der Waals surface area contributed by atoms with Crippen molar-refractivity contribution in [3.63, 3.8) is 0 Å². The average molecular weight is 414 g/mol. The van der Waals surface area contributed by atoms with E-state index in [2.05, 4.69) is 25.5 Å². The zero-order valence-corrected chi connectivity index (χ0v) is 17.5. The molecule has 2 unspecified atom stereocenters. The van der Waals surface area contributed by atoms with Crippen LogP contribution < -0.4 is 15.5 Å². The third kappa shape index (κ3) is 5.38. The van der Waals surface area contributed by atoms with Gasteiger partial charge in [0.05, 0.1) is 17.4 Å². The molecule has 0 spiro atoms. The molecule has 2 heterocycles. The van der Waals surface area contributed by atoms with E-state index < -0.39 is 0 Å². The number of nitrogens with zero attached hydrogens (tertiary/aromatic N) is 3. The van der Waals surface area contributed by atoms with Crippen molar-refractivity contribution >= 4 is 34.8 Å². The molecular formula is C22H28ClN5O. The Morgan fingerprint density at radius 2 is 1.79 bits per heavy atom. The van der Waals surface area contributed by atoms with Crippen molar-refractivity contribution in [2.45, 2.75) is 32.6 Å². The van der Waals surface area contributed by atoms with Gasteiger partial charge in [-0.15, -0.1) is 0 Å². The van der Waals surface area contributed by atoms with E-state index in [1.807, 2.05) is 24.3 Å². The summed E-state index contributed by atoms with van der Waals surface area (Å²) in [5.41, 5.74) is 1.94. The maximum atomic E-state index is 11.1. The van der Waals surface area contributed by atoms with Crippen molar-refractivity contribution < 1.29 is 4.79 Å². The number of hydrogen-bond donors (Lipinski definition) is 2. The second-order valence-corrected chi connectivity index (χ2v) is 8.60. The smallest absolute Gasteiger partial charge is 0.225 e. The van der Waals surface area contributed by atoms with Crippen LogP contribution >= 0.6 is 11.6 Å². The molecule has 1 aliphatic carbocycles. The fourth-order valence-corrected chi connectivity index (χ4v) is 4.55. The molecule has 2 atom stereocenters. The number of piperidine rings is 1. The van der Waals surface area contributed by atoms with Crippen molar-refractivity contribution in [1.82, 2.24) is 9.97 Å². The molecular weight excluding hydrogens is 386 g/mol. The van der Waals surface area contributed by atoms with Crippen LogP contribution in [0.15, 0.2) is 36.7 Å². The minimum Gasteiger partial charge on any atom is -0.385 e. The molecule has 6 nitrogen and oxygen atoms in total. The third-order valence-electron chi connectivity index (χ3n) is 6.06. The van der Waals surface area contributed by atoms with Gasteiger partial charge in [0.2, 0.25) is 11.9 Å². The van der Waals surface area contributed by atoms with Crippen LogP contribution in [0.2, 0.25) is 5.02 Å². The van der Waals surface area contributed by atoms with E-state index in [4.69, 9.17) is 11.6 Å². The second-order valence-electron chi connectivity index (χ2n) is 8.16. The van der Waals surface area contributed by atoms with Gasteiger partial charge in [-0.1, -0.05) is 11.6 Å². The van der Waals surface area contributed by atoms with Crippen LogP contribution in [-0.4, -0.2) is 35.5 Å². The Morgan fingerprint density at radius 3 is 2.45 bits per heavy atom. The predicted molar refractivity (Wildman–Crippen MR) is 117 cm³/mol. The minimum absolute atomic E-state index is 0.0444. The minimum atomic E-state index is -0.0444. The number of amides is 1. The first kappa shape index (κ1) is 20.0. The molecule has 7 heteroatoms. The average Bonchev–Trinajstić information content (AvgIpc) is 3.49. The summed E-state index contributed by atoms with van der Waals surface area (Å²) in [5, 5.41) is 6.88. The number of hydrogen-bond acceptors (Lipinski definition) is 5. The van der Waals surface area contributed by atoms with Gasteiger partial charge < -0.3 is 15.5 Å². The van der Waals surface area contributed by atoms with E-state index in [-0.39, 0.29) is 5.91 Å². The van der Waals surface area contributed by atoms with Crippen LogP contribution in [-0.2, 0) is 4.79 Å². The van der Waals surface area contributed by atoms with Gasteiger partial charge in [-0.05, 0) is 67.7 Å². The van der Waals surface area contributed by atoms with Crippen molar-refractivity contribution in [2.24, 2.45) is 17.8 Å². The Morgan fingerprint density at radius 1 is 1.14 bits per heavy atom. The summed E-state index contributed by atoms with van der Waals surface area (Å²) in [6.07, 6.45) is 8.39. The largest absolute Gasteiger partial charge is 0.385 e. The van der Waals surface area contributed by atoms with E-state index in [9.17, 15) is 4.79 Å². The predicted octanol–water partition coefficient (Wildman–Crippen LogP) is 4.44. The number of rotatable bonds is 7. The Kier molecular flexibility index (Phi) is 6.19. The number of nitrogens with one attached hydrogen (secondary N) is 2. The lowest BCUT2D eigenvalue weighted by molar-refractivity contribution is -0.114. The molecule has 1 aliphatic heterocycles. The van der Waals surface area contributed by atoms with Gasteiger partial charge in [0.25, 0.3) is 0 Å². The van der Waals surface area contributed by atoms with Crippen molar-refractivity contribution in [3.8, 4) is 0 Å². The summed E-state index contributed by atoms with van der Waals surface area (Å²) < 4.78 is 0. The molecule has 1 aromatic heterocycles. The lowest BCUT2D eigenvalue weighted by atomic mass is 9.90.